The van der Waals surface area contributed by atoms with Crippen LogP contribution in [0, 0.1) is 5.92 Å². The van der Waals surface area contributed by atoms with Crippen molar-refractivity contribution in [1.29, 1.82) is 0 Å². The lowest BCUT2D eigenvalue weighted by atomic mass is 10.2. The number of nitrogens with one attached hydrogen (secondary N) is 1. The fourth-order valence-electron chi connectivity index (χ4n) is 3.40. The lowest BCUT2D eigenvalue weighted by molar-refractivity contribution is -0.117. The number of amides is 1. The van der Waals surface area contributed by atoms with Crippen LogP contribution in [0.25, 0.3) is 6.08 Å². The molecule has 7 heteroatoms. The predicted molar refractivity (Wildman–Crippen MR) is 105 cm³/mol. The van der Waals surface area contributed by atoms with Gasteiger partial charge in [-0.15, -0.1) is 0 Å². The smallest absolute Gasteiger partial charge is 0.246 e. The Hall–Kier alpha value is -1.86. The largest absolute Gasteiger partial charge is 0.495 e. The minimum atomic E-state index is -3.61. The maximum atomic E-state index is 13.0. The molecular formula is C20H28N2O4S. The first kappa shape index (κ1) is 19.9. The molecule has 3 rings (SSSR count). The van der Waals surface area contributed by atoms with Crippen LogP contribution in [0.4, 0.5) is 0 Å². The van der Waals surface area contributed by atoms with Crippen molar-refractivity contribution in [2.75, 3.05) is 20.2 Å². The van der Waals surface area contributed by atoms with Crippen molar-refractivity contribution >= 4 is 22.0 Å². The van der Waals surface area contributed by atoms with Crippen LogP contribution in [-0.2, 0) is 14.8 Å². The average Bonchev–Trinajstić information content (AvgIpc) is 3.52. The molecular weight excluding hydrogens is 364 g/mol. The van der Waals surface area contributed by atoms with Gasteiger partial charge in [-0.05, 0) is 62.3 Å². The van der Waals surface area contributed by atoms with Gasteiger partial charge in [-0.1, -0.05) is 12.5 Å². The molecule has 0 unspecified atom stereocenters. The molecule has 1 aromatic rings. The van der Waals surface area contributed by atoms with Gasteiger partial charge in [-0.2, -0.15) is 4.31 Å². The monoisotopic (exact) mass is 392 g/mol. The number of carbonyl (C=O) groups is 1. The van der Waals surface area contributed by atoms with E-state index >= 15 is 0 Å². The van der Waals surface area contributed by atoms with Crippen molar-refractivity contribution in [3.05, 3.63) is 29.8 Å². The summed E-state index contributed by atoms with van der Waals surface area (Å²) in [5.74, 6) is 0.750. The number of benzene rings is 1. The van der Waals surface area contributed by atoms with Crippen molar-refractivity contribution in [3.8, 4) is 5.75 Å². The zero-order valence-electron chi connectivity index (χ0n) is 16.0. The Balaban J connectivity index is 1.78. The molecule has 0 aromatic heterocycles. The molecule has 1 amide bonds. The lowest BCUT2D eigenvalue weighted by Gasteiger charge is -2.26. The Morgan fingerprint density at radius 1 is 1.26 bits per heavy atom. The molecule has 0 spiro atoms. The van der Waals surface area contributed by atoms with E-state index in [-0.39, 0.29) is 16.8 Å². The van der Waals surface area contributed by atoms with Crippen molar-refractivity contribution in [2.45, 2.75) is 50.0 Å². The molecule has 1 aliphatic carbocycles. The van der Waals surface area contributed by atoms with Crippen LogP contribution in [-0.4, -0.2) is 44.9 Å². The minimum absolute atomic E-state index is 0.154. The number of hydrogen-bond acceptors (Lipinski definition) is 4. The highest BCUT2D eigenvalue weighted by atomic mass is 32.2. The lowest BCUT2D eigenvalue weighted by Crippen LogP contribution is -2.35. The predicted octanol–water partition coefficient (Wildman–Crippen LogP) is 2.80. The van der Waals surface area contributed by atoms with Crippen LogP contribution < -0.4 is 10.1 Å². The van der Waals surface area contributed by atoms with Crippen LogP contribution in [0.15, 0.2) is 29.2 Å². The van der Waals surface area contributed by atoms with Gasteiger partial charge in [0.2, 0.25) is 15.9 Å². The third-order valence-electron chi connectivity index (χ3n) is 5.25. The summed E-state index contributed by atoms with van der Waals surface area (Å²) in [6, 6.07) is 5.15. The maximum Gasteiger partial charge on any atom is 0.246 e. The van der Waals surface area contributed by atoms with Crippen LogP contribution >= 0.6 is 0 Å². The van der Waals surface area contributed by atoms with Gasteiger partial charge in [0.1, 0.15) is 10.6 Å². The van der Waals surface area contributed by atoms with E-state index in [0.717, 1.165) is 19.3 Å². The van der Waals surface area contributed by atoms with E-state index in [2.05, 4.69) is 5.32 Å². The Labute approximate surface area is 161 Å². The fourth-order valence-corrected chi connectivity index (χ4v) is 5.11. The van der Waals surface area contributed by atoms with Crippen LogP contribution in [0.3, 0.4) is 0 Å². The van der Waals surface area contributed by atoms with Gasteiger partial charge in [-0.3, -0.25) is 4.79 Å². The Bertz CT molecular complexity index is 809. The van der Waals surface area contributed by atoms with Gasteiger partial charge in [0.25, 0.3) is 0 Å². The second-order valence-electron chi connectivity index (χ2n) is 7.34. The Morgan fingerprint density at radius 2 is 1.96 bits per heavy atom. The third-order valence-corrected chi connectivity index (χ3v) is 7.17. The topological polar surface area (TPSA) is 75.7 Å². The summed E-state index contributed by atoms with van der Waals surface area (Å²) < 4.78 is 32.9. The Morgan fingerprint density at radius 3 is 2.59 bits per heavy atom. The number of sulfonamides is 1. The highest BCUT2D eigenvalue weighted by Crippen LogP contribution is 2.32. The highest BCUT2D eigenvalue weighted by molar-refractivity contribution is 7.89. The van der Waals surface area contributed by atoms with Gasteiger partial charge in [0.15, 0.2) is 0 Å². The highest BCUT2D eigenvalue weighted by Gasteiger charge is 2.29. The number of rotatable bonds is 7. The summed E-state index contributed by atoms with van der Waals surface area (Å²) in [4.78, 5) is 12.2. The van der Waals surface area contributed by atoms with Crippen molar-refractivity contribution in [1.82, 2.24) is 9.62 Å². The molecule has 2 aliphatic rings. The molecule has 6 nitrogen and oxygen atoms in total. The molecule has 1 aromatic carbocycles. The van der Waals surface area contributed by atoms with Gasteiger partial charge >= 0.3 is 0 Å². The minimum Gasteiger partial charge on any atom is -0.495 e. The number of nitrogens with zero attached hydrogens (tertiary/aromatic N) is 1. The molecule has 1 N–H and O–H groups in total. The summed E-state index contributed by atoms with van der Waals surface area (Å²) in [6.07, 6.45) is 8.24. The second-order valence-corrected chi connectivity index (χ2v) is 9.25. The number of piperidine rings is 1. The van der Waals surface area contributed by atoms with Crippen LogP contribution in [0.2, 0.25) is 0 Å². The van der Waals surface area contributed by atoms with Crippen molar-refractivity contribution < 1.29 is 17.9 Å². The molecule has 1 saturated carbocycles. The van der Waals surface area contributed by atoms with Crippen LogP contribution in [0.5, 0.6) is 5.75 Å². The SMILES string of the molecule is COc1ccc(/C=C/C(=O)N[C@@H](C)C2CC2)cc1S(=O)(=O)N1CCCCC1. The first-order chi connectivity index (χ1) is 12.9. The molecule has 0 bridgehead atoms. The van der Waals surface area contributed by atoms with Gasteiger partial charge in [-0.25, -0.2) is 8.42 Å². The van der Waals surface area contributed by atoms with Gasteiger partial charge < -0.3 is 10.1 Å². The standard InChI is InChI=1S/C20H28N2O4S/c1-15(17-8-9-17)21-20(23)11-7-16-6-10-18(26-2)19(14-16)27(24,25)22-12-4-3-5-13-22/h6-7,10-11,14-15,17H,3-5,8-9,12-13H2,1-2H3,(H,21,23)/b11-7+/t15-/m0/s1. The van der Waals surface area contributed by atoms with Crippen molar-refractivity contribution in [3.63, 3.8) is 0 Å². The summed E-state index contributed by atoms with van der Waals surface area (Å²) in [5, 5.41) is 2.95. The van der Waals surface area contributed by atoms with E-state index in [1.807, 2.05) is 6.92 Å². The maximum absolute atomic E-state index is 13.0. The van der Waals surface area contributed by atoms with Gasteiger partial charge in [0, 0.05) is 25.2 Å². The summed E-state index contributed by atoms with van der Waals surface area (Å²) in [6.45, 7) is 3.08. The fraction of sp³-hybridized carbons (Fsp3) is 0.550. The van der Waals surface area contributed by atoms with E-state index < -0.39 is 10.0 Å². The molecule has 1 heterocycles. The summed E-state index contributed by atoms with van der Waals surface area (Å²) in [7, 11) is -2.15. The zero-order chi connectivity index (χ0) is 19.4. The summed E-state index contributed by atoms with van der Waals surface area (Å²) in [5.41, 5.74) is 0.653. The van der Waals surface area contributed by atoms with Crippen LogP contribution in [0.1, 0.15) is 44.6 Å². The van der Waals surface area contributed by atoms with E-state index in [9.17, 15) is 13.2 Å². The quantitative estimate of drug-likeness (QED) is 0.724. The number of ether oxygens (including phenoxy) is 1. The molecule has 1 atom stereocenters. The molecule has 27 heavy (non-hydrogen) atoms. The number of carbonyl (C=O) groups excluding carboxylic acids is 1. The molecule has 2 fully saturated rings. The summed E-state index contributed by atoms with van der Waals surface area (Å²) >= 11 is 0. The Kier molecular flexibility index (Phi) is 6.22. The van der Waals surface area contributed by atoms with Crippen molar-refractivity contribution in [2.24, 2.45) is 5.92 Å². The van der Waals surface area contributed by atoms with E-state index in [0.29, 0.717) is 30.3 Å². The molecule has 148 valence electrons. The average molecular weight is 393 g/mol. The van der Waals surface area contributed by atoms with E-state index in [1.165, 1.54) is 30.3 Å². The molecule has 0 radical (unpaired) electrons. The van der Waals surface area contributed by atoms with Gasteiger partial charge in [0.05, 0.1) is 7.11 Å². The first-order valence-electron chi connectivity index (χ1n) is 9.58. The first-order valence-corrected chi connectivity index (χ1v) is 11.0. The normalized spacial score (nSPS) is 19.8. The van der Waals surface area contributed by atoms with E-state index in [1.54, 1.807) is 24.3 Å². The molecule has 1 saturated heterocycles. The third kappa shape index (κ3) is 4.90. The molecule has 1 aliphatic heterocycles. The second kappa shape index (κ2) is 8.44. The zero-order valence-corrected chi connectivity index (χ0v) is 16.8. The number of hydrogen-bond donors (Lipinski definition) is 1. The van der Waals surface area contributed by atoms with E-state index in [4.69, 9.17) is 4.74 Å². The number of methoxy groups -OCH3 is 1.